The van der Waals surface area contributed by atoms with Gasteiger partial charge in [-0.2, -0.15) is 0 Å². The Bertz CT molecular complexity index is 627. The molecular weight excluding hydrogens is 286 g/mol. The first kappa shape index (κ1) is 15.9. The fraction of sp³-hybridized carbons (Fsp3) is 0.467. The van der Waals surface area contributed by atoms with E-state index in [0.29, 0.717) is 24.2 Å². The van der Waals surface area contributed by atoms with E-state index in [1.807, 2.05) is 13.8 Å². The van der Waals surface area contributed by atoms with Crippen molar-refractivity contribution in [2.24, 2.45) is 0 Å². The minimum Gasteiger partial charge on any atom is -0.374 e. The summed E-state index contributed by atoms with van der Waals surface area (Å²) in [6.45, 7) is 5.75. The lowest BCUT2D eigenvalue weighted by atomic mass is 10.1. The van der Waals surface area contributed by atoms with Crippen molar-refractivity contribution < 1.29 is 14.5 Å². The fourth-order valence-corrected chi connectivity index (χ4v) is 2.57. The third kappa shape index (κ3) is 3.24. The third-order valence-electron chi connectivity index (χ3n) is 3.74. The zero-order chi connectivity index (χ0) is 16.4. The number of nitro benzene ring substituents is 1. The molecule has 1 aliphatic rings. The summed E-state index contributed by atoms with van der Waals surface area (Å²) in [5.74, 6) is -0.188. The number of ketones is 1. The first-order valence-corrected chi connectivity index (χ1v) is 7.15. The quantitative estimate of drug-likeness (QED) is 0.511. The maximum atomic E-state index is 11.9. The van der Waals surface area contributed by atoms with Gasteiger partial charge in [-0.25, -0.2) is 0 Å². The van der Waals surface area contributed by atoms with E-state index in [-0.39, 0.29) is 29.5 Å². The summed E-state index contributed by atoms with van der Waals surface area (Å²) in [7, 11) is 0. The molecule has 1 atom stereocenters. The Labute approximate surface area is 128 Å². The molecule has 22 heavy (non-hydrogen) atoms. The smallest absolute Gasteiger partial charge is 0.293 e. The zero-order valence-electron chi connectivity index (χ0n) is 12.8. The van der Waals surface area contributed by atoms with E-state index in [4.69, 9.17) is 0 Å². The summed E-state index contributed by atoms with van der Waals surface area (Å²) in [5.41, 5.74) is 0.477. The molecule has 0 saturated carbocycles. The number of rotatable bonds is 5. The number of benzene rings is 1. The highest BCUT2D eigenvalue weighted by Crippen LogP contribution is 2.28. The van der Waals surface area contributed by atoms with Gasteiger partial charge in [-0.05, 0) is 32.9 Å². The molecule has 1 amide bonds. The Balaban J connectivity index is 2.21. The number of nitrogens with zero attached hydrogens (tertiary/aromatic N) is 2. The van der Waals surface area contributed by atoms with Gasteiger partial charge >= 0.3 is 0 Å². The topological polar surface area (TPSA) is 92.6 Å². The molecule has 0 bridgehead atoms. The molecule has 1 N–H and O–H groups in total. The van der Waals surface area contributed by atoms with Crippen molar-refractivity contribution in [1.29, 1.82) is 0 Å². The average molecular weight is 305 g/mol. The molecule has 0 radical (unpaired) electrons. The van der Waals surface area contributed by atoms with Crippen molar-refractivity contribution >= 4 is 23.1 Å². The lowest BCUT2D eigenvalue weighted by Gasteiger charge is -2.21. The van der Waals surface area contributed by atoms with Crippen molar-refractivity contribution in [3.8, 4) is 0 Å². The third-order valence-corrected chi connectivity index (χ3v) is 3.74. The second-order valence-electron chi connectivity index (χ2n) is 5.73. The molecule has 1 unspecified atom stereocenters. The van der Waals surface area contributed by atoms with Crippen LogP contribution in [-0.2, 0) is 4.79 Å². The standard InChI is InChI=1S/C15H19N3O4/c1-9(2)17-8-12(7-15(17)20)16-13-5-4-11(10(3)19)6-14(13)18(21)22/h4-6,9,12,16H,7-8H2,1-3H3. The number of carbonyl (C=O) groups excluding carboxylic acids is 2. The van der Waals surface area contributed by atoms with E-state index in [1.165, 1.54) is 19.1 Å². The summed E-state index contributed by atoms with van der Waals surface area (Å²) in [5, 5.41) is 14.2. The van der Waals surface area contributed by atoms with Crippen molar-refractivity contribution in [3.05, 3.63) is 33.9 Å². The van der Waals surface area contributed by atoms with E-state index in [9.17, 15) is 19.7 Å². The first-order chi connectivity index (χ1) is 10.3. The minimum atomic E-state index is -0.522. The maximum Gasteiger partial charge on any atom is 0.293 e. The van der Waals surface area contributed by atoms with Crippen LogP contribution in [0.15, 0.2) is 18.2 Å². The molecule has 7 nitrogen and oxygen atoms in total. The highest BCUT2D eigenvalue weighted by atomic mass is 16.6. The Morgan fingerprint density at radius 3 is 2.64 bits per heavy atom. The van der Waals surface area contributed by atoms with Crippen LogP contribution >= 0.6 is 0 Å². The first-order valence-electron chi connectivity index (χ1n) is 7.15. The van der Waals surface area contributed by atoms with E-state index < -0.39 is 4.92 Å². The average Bonchev–Trinajstić information content (AvgIpc) is 2.79. The number of likely N-dealkylation sites (tertiary alicyclic amines) is 1. The highest BCUT2D eigenvalue weighted by Gasteiger charge is 2.32. The number of hydrogen-bond donors (Lipinski definition) is 1. The molecule has 2 rings (SSSR count). The predicted octanol–water partition coefficient (Wildman–Crippen LogP) is 2.22. The molecule has 0 aromatic heterocycles. The largest absolute Gasteiger partial charge is 0.374 e. The summed E-state index contributed by atoms with van der Waals surface area (Å²) in [4.78, 5) is 35.6. The number of hydrogen-bond acceptors (Lipinski definition) is 5. The molecule has 1 aromatic rings. The van der Waals surface area contributed by atoms with Crippen LogP contribution in [0.3, 0.4) is 0 Å². The monoisotopic (exact) mass is 305 g/mol. The van der Waals surface area contributed by atoms with Crippen LogP contribution in [0.1, 0.15) is 37.6 Å². The molecule has 118 valence electrons. The Kier molecular flexibility index (Phi) is 4.44. The number of anilines is 1. The molecule has 0 aliphatic carbocycles. The number of nitrogens with one attached hydrogen (secondary N) is 1. The van der Waals surface area contributed by atoms with Gasteiger partial charge in [-0.1, -0.05) is 0 Å². The van der Waals surface area contributed by atoms with Gasteiger partial charge in [0.15, 0.2) is 5.78 Å². The maximum absolute atomic E-state index is 11.9. The lowest BCUT2D eigenvalue weighted by Crippen LogP contribution is -2.33. The molecule has 7 heteroatoms. The van der Waals surface area contributed by atoms with Crippen LogP contribution in [0.5, 0.6) is 0 Å². The Morgan fingerprint density at radius 1 is 1.45 bits per heavy atom. The van der Waals surface area contributed by atoms with Crippen molar-refractivity contribution in [2.75, 3.05) is 11.9 Å². The van der Waals surface area contributed by atoms with E-state index >= 15 is 0 Å². The Hall–Kier alpha value is -2.44. The Morgan fingerprint density at radius 2 is 2.14 bits per heavy atom. The molecule has 1 heterocycles. The number of carbonyl (C=O) groups is 2. The molecule has 0 spiro atoms. The van der Waals surface area contributed by atoms with Crippen LogP contribution in [0, 0.1) is 10.1 Å². The van der Waals surface area contributed by atoms with Crippen molar-refractivity contribution in [1.82, 2.24) is 4.90 Å². The van der Waals surface area contributed by atoms with Crippen LogP contribution in [0.4, 0.5) is 11.4 Å². The predicted molar refractivity (Wildman–Crippen MR) is 82.0 cm³/mol. The van der Waals surface area contributed by atoms with Gasteiger partial charge in [0.1, 0.15) is 5.69 Å². The molecule has 1 aliphatic heterocycles. The lowest BCUT2D eigenvalue weighted by molar-refractivity contribution is -0.384. The fourth-order valence-electron chi connectivity index (χ4n) is 2.57. The molecule has 1 aromatic carbocycles. The van der Waals surface area contributed by atoms with Gasteiger partial charge in [0.2, 0.25) is 5.91 Å². The van der Waals surface area contributed by atoms with E-state index in [2.05, 4.69) is 5.32 Å². The summed E-state index contributed by atoms with van der Waals surface area (Å²) in [6, 6.07) is 4.28. The highest BCUT2D eigenvalue weighted by molar-refractivity contribution is 5.95. The second-order valence-corrected chi connectivity index (χ2v) is 5.73. The second kappa shape index (κ2) is 6.13. The van der Waals surface area contributed by atoms with Gasteiger partial charge in [0, 0.05) is 30.6 Å². The van der Waals surface area contributed by atoms with Gasteiger partial charge in [-0.3, -0.25) is 19.7 Å². The molecule has 1 saturated heterocycles. The van der Waals surface area contributed by atoms with Crippen LogP contribution < -0.4 is 5.32 Å². The number of nitro groups is 1. The van der Waals surface area contributed by atoms with Crippen LogP contribution in [-0.4, -0.2) is 40.1 Å². The van der Waals surface area contributed by atoms with Gasteiger partial charge in [-0.15, -0.1) is 0 Å². The molecular formula is C15H19N3O4. The summed E-state index contributed by atoms with van der Waals surface area (Å²) in [6.07, 6.45) is 0.309. The van der Waals surface area contributed by atoms with Crippen molar-refractivity contribution in [2.45, 2.75) is 39.3 Å². The zero-order valence-corrected chi connectivity index (χ0v) is 12.8. The normalized spacial score (nSPS) is 17.9. The minimum absolute atomic E-state index is 0.0375. The summed E-state index contributed by atoms with van der Waals surface area (Å²) >= 11 is 0. The number of Topliss-reactive ketones (excluding diaryl/α,β-unsaturated/α-hetero) is 1. The number of amides is 1. The van der Waals surface area contributed by atoms with E-state index in [0.717, 1.165) is 0 Å². The van der Waals surface area contributed by atoms with Crippen LogP contribution in [0.2, 0.25) is 0 Å². The van der Waals surface area contributed by atoms with Crippen molar-refractivity contribution in [3.63, 3.8) is 0 Å². The van der Waals surface area contributed by atoms with Gasteiger partial charge in [0.25, 0.3) is 5.69 Å². The van der Waals surface area contributed by atoms with E-state index in [1.54, 1.807) is 11.0 Å². The molecule has 1 fully saturated rings. The van der Waals surface area contributed by atoms with Gasteiger partial charge in [0.05, 0.1) is 11.0 Å². The van der Waals surface area contributed by atoms with Gasteiger partial charge < -0.3 is 10.2 Å². The van der Waals surface area contributed by atoms with Crippen LogP contribution in [0.25, 0.3) is 0 Å². The summed E-state index contributed by atoms with van der Waals surface area (Å²) < 4.78 is 0. The SMILES string of the molecule is CC(=O)c1ccc(NC2CC(=O)N(C(C)C)C2)c([N+](=O)[O-])c1.